The van der Waals surface area contributed by atoms with Gasteiger partial charge >= 0.3 is 35.3 Å². The zero-order chi connectivity index (χ0) is 26.5. The summed E-state index contributed by atoms with van der Waals surface area (Å²) in [7, 11) is 0. The number of aryl methyl sites for hydroxylation is 2. The van der Waals surface area contributed by atoms with E-state index in [1.54, 1.807) is 25.3 Å². The summed E-state index contributed by atoms with van der Waals surface area (Å²) in [4.78, 5) is 30.1. The Morgan fingerprint density at radius 2 is 1.82 bits per heavy atom. The van der Waals surface area contributed by atoms with Crippen LogP contribution in [0.25, 0.3) is 11.1 Å². The van der Waals surface area contributed by atoms with E-state index in [1.807, 2.05) is 24.3 Å². The zero-order valence-corrected chi connectivity index (χ0v) is 24.4. The van der Waals surface area contributed by atoms with E-state index >= 15 is 0 Å². The fourth-order valence-corrected chi connectivity index (χ4v) is 4.18. The molecule has 0 spiro atoms. The summed E-state index contributed by atoms with van der Waals surface area (Å²) < 4.78 is 17.4. The molecule has 2 aromatic heterocycles. The van der Waals surface area contributed by atoms with Crippen LogP contribution in [0, 0.1) is 20.8 Å². The molecule has 10 heteroatoms. The minimum Gasteiger partial charge on any atom is -0.493 e. The summed E-state index contributed by atoms with van der Waals surface area (Å²) in [5.74, 6) is 0.319. The minimum absolute atomic E-state index is 0. The third-order valence-corrected chi connectivity index (χ3v) is 6.11. The number of hydrogen-bond acceptors (Lipinski definition) is 7. The van der Waals surface area contributed by atoms with Crippen molar-refractivity contribution < 1.29 is 48.7 Å². The van der Waals surface area contributed by atoms with Crippen molar-refractivity contribution in [2.24, 2.45) is 0 Å². The number of aliphatic hydroxyl groups is 1. The average Bonchev–Trinajstić information content (AvgIpc) is 3.16. The molecule has 1 atom stereocenters. The number of aliphatic hydroxyl groups excluding tert-OH is 1. The molecular weight excluding hydrogens is 497 g/mol. The van der Waals surface area contributed by atoms with Crippen LogP contribution in [0.15, 0.2) is 62.8 Å². The molecule has 0 aliphatic carbocycles. The van der Waals surface area contributed by atoms with E-state index in [0.717, 1.165) is 43.9 Å². The first kappa shape index (κ1) is 29.4. The fourth-order valence-electron chi connectivity index (χ4n) is 4.18. The quantitative estimate of drug-likeness (QED) is 0.297. The summed E-state index contributed by atoms with van der Waals surface area (Å²) in [6, 6.07) is 13.7. The third kappa shape index (κ3) is 7.26. The predicted molar refractivity (Wildman–Crippen MR) is 138 cm³/mol. The largest absolute Gasteiger partial charge is 1.00 e. The Labute approximate surface area is 242 Å². The standard InChI is InChI=1S/C28H31N3O6.Na/c1-17-12-23(35-11-10-19(3)32)13-18(2)26(17)24-7-5-6-22(20(24)4)16-36-25-9-8-21(14-29-25)15-31-27(33)30-28(34)37-31;/h5-9,12-14,19,32H,10-11,15-16H2,1-4H3,(H,30,33,34);/q;+1/p-1/t19-;/m0./s1. The predicted octanol–water partition coefficient (Wildman–Crippen LogP) is 0.527. The van der Waals surface area contributed by atoms with Gasteiger partial charge in [0.1, 0.15) is 12.4 Å². The second-order valence-electron chi connectivity index (χ2n) is 9.09. The van der Waals surface area contributed by atoms with Crippen LogP contribution in [0.1, 0.15) is 41.2 Å². The van der Waals surface area contributed by atoms with Gasteiger partial charge < -0.3 is 24.1 Å². The van der Waals surface area contributed by atoms with Crippen molar-refractivity contribution in [1.82, 2.24) is 14.7 Å². The van der Waals surface area contributed by atoms with Gasteiger partial charge in [0.05, 0.1) is 12.7 Å². The van der Waals surface area contributed by atoms with Gasteiger partial charge in [0.15, 0.2) is 5.69 Å². The summed E-state index contributed by atoms with van der Waals surface area (Å²) in [5.41, 5.74) is 6.61. The molecule has 0 amide bonds. The molecule has 0 saturated heterocycles. The van der Waals surface area contributed by atoms with Gasteiger partial charge in [-0.05, 0) is 78.8 Å². The van der Waals surface area contributed by atoms with E-state index in [1.165, 1.54) is 0 Å². The number of hydrogen-bond donors (Lipinski definition) is 1. The molecule has 2 aromatic carbocycles. The van der Waals surface area contributed by atoms with Crippen LogP contribution in [0.3, 0.4) is 0 Å². The number of ether oxygens (including phenoxy) is 2. The number of aromatic nitrogens is 3. The first-order valence-corrected chi connectivity index (χ1v) is 12.0. The maximum absolute atomic E-state index is 11.6. The van der Waals surface area contributed by atoms with Crippen molar-refractivity contribution >= 4 is 0 Å². The van der Waals surface area contributed by atoms with Crippen molar-refractivity contribution in [3.63, 3.8) is 0 Å². The molecule has 4 aromatic rings. The topological polar surface area (TPSA) is 118 Å². The Balaban J connectivity index is 0.00000400. The summed E-state index contributed by atoms with van der Waals surface area (Å²) in [6.07, 6.45) is 1.76. The molecule has 0 aliphatic rings. The van der Waals surface area contributed by atoms with Crippen LogP contribution in [-0.4, -0.2) is 27.5 Å². The van der Waals surface area contributed by atoms with Gasteiger partial charge in [0.2, 0.25) is 5.88 Å². The molecule has 9 nitrogen and oxygen atoms in total. The van der Waals surface area contributed by atoms with Crippen molar-refractivity contribution in [3.8, 4) is 22.8 Å². The minimum atomic E-state index is -0.919. The fraction of sp³-hybridized carbons (Fsp3) is 0.321. The Bertz CT molecular complexity index is 1460. The number of nitrogens with zero attached hydrogens (tertiary/aromatic N) is 3. The Hall–Kier alpha value is -3.11. The maximum Gasteiger partial charge on any atom is 1.00 e. The number of pyridine rings is 1. The molecule has 0 unspecified atom stereocenters. The third-order valence-electron chi connectivity index (χ3n) is 6.11. The van der Waals surface area contributed by atoms with Crippen molar-refractivity contribution in [2.75, 3.05) is 6.61 Å². The SMILES string of the molecule is Cc1cc(OCC[C@H](C)O)cc(C)c1-c1cccc(COc2ccc(Cn3oc(=O)[n-]c3=O)cn2)c1C.[Na+]. The van der Waals surface area contributed by atoms with E-state index in [9.17, 15) is 14.7 Å². The van der Waals surface area contributed by atoms with Gasteiger partial charge in [0, 0.05) is 25.2 Å². The van der Waals surface area contributed by atoms with Gasteiger partial charge in [-0.1, -0.05) is 24.3 Å². The Morgan fingerprint density at radius 3 is 2.42 bits per heavy atom. The molecule has 38 heavy (non-hydrogen) atoms. The average molecular weight is 528 g/mol. The normalized spacial score (nSPS) is 11.6. The Morgan fingerprint density at radius 1 is 1.08 bits per heavy atom. The van der Waals surface area contributed by atoms with Crippen LogP contribution in [0.5, 0.6) is 11.6 Å². The van der Waals surface area contributed by atoms with Crippen molar-refractivity contribution in [3.05, 3.63) is 97.5 Å². The van der Waals surface area contributed by atoms with E-state index in [2.05, 4.69) is 36.8 Å². The van der Waals surface area contributed by atoms with Crippen LogP contribution in [0.2, 0.25) is 0 Å². The molecule has 194 valence electrons. The molecule has 0 fully saturated rings. The van der Waals surface area contributed by atoms with E-state index in [0.29, 0.717) is 31.1 Å². The van der Waals surface area contributed by atoms with E-state index < -0.39 is 11.4 Å². The van der Waals surface area contributed by atoms with Gasteiger partial charge in [-0.2, -0.15) is 0 Å². The smallest absolute Gasteiger partial charge is 0.493 e. The number of rotatable bonds is 10. The monoisotopic (exact) mass is 527 g/mol. The first-order chi connectivity index (χ1) is 17.7. The molecular formula is C28H30N3NaO6. The van der Waals surface area contributed by atoms with Gasteiger partial charge in [-0.15, -0.1) is 0 Å². The second kappa shape index (κ2) is 13.1. The maximum atomic E-state index is 11.6. The van der Waals surface area contributed by atoms with Crippen LogP contribution in [-0.2, 0) is 13.2 Å². The van der Waals surface area contributed by atoms with Crippen molar-refractivity contribution in [1.29, 1.82) is 0 Å². The zero-order valence-electron chi connectivity index (χ0n) is 22.4. The molecule has 4 rings (SSSR count). The number of benzene rings is 2. The molecule has 1 N–H and O–H groups in total. The summed E-state index contributed by atoms with van der Waals surface area (Å²) in [5, 5.41) is 9.46. The molecule has 0 saturated carbocycles. The molecule has 0 radical (unpaired) electrons. The molecule has 0 aliphatic heterocycles. The van der Waals surface area contributed by atoms with Gasteiger partial charge in [-0.25, -0.2) is 9.78 Å². The Kier molecular flexibility index (Phi) is 10.2. The van der Waals surface area contributed by atoms with Crippen LogP contribution >= 0.6 is 0 Å². The summed E-state index contributed by atoms with van der Waals surface area (Å²) >= 11 is 0. The van der Waals surface area contributed by atoms with E-state index in [-0.39, 0.29) is 42.2 Å². The van der Waals surface area contributed by atoms with Crippen molar-refractivity contribution in [2.45, 2.75) is 53.4 Å². The van der Waals surface area contributed by atoms with Crippen LogP contribution < -0.4 is 55.5 Å². The first-order valence-electron chi connectivity index (χ1n) is 12.0. The second-order valence-corrected chi connectivity index (χ2v) is 9.09. The van der Waals surface area contributed by atoms with Crippen LogP contribution in [0.4, 0.5) is 0 Å². The summed E-state index contributed by atoms with van der Waals surface area (Å²) in [6.45, 7) is 8.85. The van der Waals surface area contributed by atoms with Gasteiger partial charge in [-0.3, -0.25) is 9.53 Å². The van der Waals surface area contributed by atoms with E-state index in [4.69, 9.17) is 14.0 Å². The van der Waals surface area contributed by atoms with Gasteiger partial charge in [0.25, 0.3) is 0 Å². The molecule has 2 heterocycles. The molecule has 0 bridgehead atoms.